The van der Waals surface area contributed by atoms with Crippen molar-refractivity contribution in [3.05, 3.63) is 18.0 Å². The summed E-state index contributed by atoms with van der Waals surface area (Å²) in [5, 5.41) is 12.4. The van der Waals surface area contributed by atoms with Gasteiger partial charge < -0.3 is 4.90 Å². The molecule has 17 heavy (non-hydrogen) atoms. The second-order valence-electron chi connectivity index (χ2n) is 4.46. The van der Waals surface area contributed by atoms with E-state index in [-0.39, 0.29) is 12.6 Å². The van der Waals surface area contributed by atoms with E-state index in [9.17, 15) is 4.39 Å². The molecule has 0 bridgehead atoms. The van der Waals surface area contributed by atoms with E-state index in [1.165, 1.54) is 0 Å². The highest BCUT2D eigenvalue weighted by Gasteiger charge is 2.23. The van der Waals surface area contributed by atoms with Crippen molar-refractivity contribution in [1.82, 2.24) is 19.8 Å². The van der Waals surface area contributed by atoms with Gasteiger partial charge in [-0.25, -0.2) is 0 Å². The van der Waals surface area contributed by atoms with E-state index in [4.69, 9.17) is 0 Å². The van der Waals surface area contributed by atoms with Crippen molar-refractivity contribution in [3.8, 4) is 0 Å². The number of nitrogens with zero attached hydrogens (tertiary/aromatic N) is 5. The quantitative estimate of drug-likeness (QED) is 0.785. The van der Waals surface area contributed by atoms with Crippen molar-refractivity contribution >= 4 is 11.5 Å². The molecule has 2 aromatic heterocycles. The van der Waals surface area contributed by atoms with Gasteiger partial charge in [0.05, 0.1) is 6.67 Å². The fourth-order valence-electron chi connectivity index (χ4n) is 2.22. The van der Waals surface area contributed by atoms with E-state index in [1.807, 2.05) is 19.1 Å². The first-order valence-electron chi connectivity index (χ1n) is 5.78. The molecule has 0 amide bonds. The summed E-state index contributed by atoms with van der Waals surface area (Å²) in [4.78, 5) is 2.11. The summed E-state index contributed by atoms with van der Waals surface area (Å²) in [6.07, 6.45) is 0.900. The minimum absolute atomic E-state index is 0.148. The number of alkyl halides is 1. The molecule has 1 aliphatic heterocycles. The average Bonchev–Trinajstić information content (AvgIpc) is 2.96. The molecule has 0 spiro atoms. The fourth-order valence-corrected chi connectivity index (χ4v) is 2.22. The van der Waals surface area contributed by atoms with Gasteiger partial charge in [-0.3, -0.25) is 4.39 Å². The van der Waals surface area contributed by atoms with E-state index < -0.39 is 0 Å². The number of hydrogen-bond donors (Lipinski definition) is 0. The second kappa shape index (κ2) is 3.94. The molecule has 6 heteroatoms. The molecule has 1 atom stereocenters. The first-order valence-corrected chi connectivity index (χ1v) is 5.78. The zero-order valence-corrected chi connectivity index (χ0v) is 9.67. The number of fused-ring (bicyclic) bond motifs is 1. The zero-order chi connectivity index (χ0) is 11.8. The Morgan fingerprint density at radius 2 is 2.29 bits per heavy atom. The average molecular weight is 235 g/mol. The van der Waals surface area contributed by atoms with Crippen LogP contribution in [-0.2, 0) is 0 Å². The molecule has 3 heterocycles. The maximum atomic E-state index is 12.6. The number of aryl methyl sites for hydroxylation is 1. The lowest BCUT2D eigenvalue weighted by Crippen LogP contribution is -2.22. The molecule has 0 aromatic carbocycles. The summed E-state index contributed by atoms with van der Waals surface area (Å²) < 4.78 is 14.3. The van der Waals surface area contributed by atoms with Gasteiger partial charge in [-0.1, -0.05) is 0 Å². The van der Waals surface area contributed by atoms with Crippen LogP contribution in [0.25, 0.3) is 5.65 Å². The minimum Gasteiger partial charge on any atom is -0.355 e. The van der Waals surface area contributed by atoms with Gasteiger partial charge in [0.1, 0.15) is 5.82 Å². The lowest BCUT2D eigenvalue weighted by molar-refractivity contribution is 0.384. The van der Waals surface area contributed by atoms with Gasteiger partial charge in [-0.05, 0) is 25.5 Å². The zero-order valence-electron chi connectivity index (χ0n) is 9.67. The van der Waals surface area contributed by atoms with Crippen LogP contribution in [0.1, 0.15) is 12.2 Å². The second-order valence-corrected chi connectivity index (χ2v) is 4.46. The molecule has 0 aliphatic carbocycles. The SMILES string of the molecule is Cc1nnc2ccc(N3CCC(CF)C3)nn12. The monoisotopic (exact) mass is 235 g/mol. The number of aromatic nitrogens is 4. The topological polar surface area (TPSA) is 46.3 Å². The molecule has 1 aliphatic rings. The van der Waals surface area contributed by atoms with Gasteiger partial charge in [0.2, 0.25) is 0 Å². The van der Waals surface area contributed by atoms with Crippen LogP contribution in [0.4, 0.5) is 10.2 Å². The van der Waals surface area contributed by atoms with Crippen LogP contribution in [-0.4, -0.2) is 39.6 Å². The standard InChI is InChI=1S/C11H14FN5/c1-8-13-14-10-2-3-11(15-17(8)10)16-5-4-9(6-12)7-16/h2-3,9H,4-7H2,1H3. The van der Waals surface area contributed by atoms with Crippen molar-refractivity contribution in [2.24, 2.45) is 5.92 Å². The van der Waals surface area contributed by atoms with Crippen LogP contribution >= 0.6 is 0 Å². The molecule has 5 nitrogen and oxygen atoms in total. The van der Waals surface area contributed by atoms with Crippen LogP contribution < -0.4 is 4.90 Å². The van der Waals surface area contributed by atoms with E-state index in [0.29, 0.717) is 0 Å². The minimum atomic E-state index is -0.246. The fraction of sp³-hybridized carbons (Fsp3) is 0.545. The summed E-state index contributed by atoms with van der Waals surface area (Å²) in [5.74, 6) is 1.79. The van der Waals surface area contributed by atoms with Crippen molar-refractivity contribution in [1.29, 1.82) is 0 Å². The third-order valence-electron chi connectivity index (χ3n) is 3.23. The molecule has 1 unspecified atom stereocenters. The van der Waals surface area contributed by atoms with Crippen LogP contribution in [0, 0.1) is 12.8 Å². The molecular weight excluding hydrogens is 221 g/mol. The van der Waals surface area contributed by atoms with Crippen LogP contribution in [0.5, 0.6) is 0 Å². The Bertz CT molecular complexity index is 538. The number of halogens is 1. The highest BCUT2D eigenvalue weighted by atomic mass is 19.1. The molecule has 3 rings (SSSR count). The summed E-state index contributed by atoms with van der Waals surface area (Å²) >= 11 is 0. The lowest BCUT2D eigenvalue weighted by atomic mass is 10.1. The third kappa shape index (κ3) is 1.73. The summed E-state index contributed by atoms with van der Waals surface area (Å²) in [7, 11) is 0. The van der Waals surface area contributed by atoms with Crippen LogP contribution in [0.15, 0.2) is 12.1 Å². The van der Waals surface area contributed by atoms with Crippen molar-refractivity contribution < 1.29 is 4.39 Å². The lowest BCUT2D eigenvalue weighted by Gasteiger charge is -2.16. The largest absolute Gasteiger partial charge is 0.355 e. The molecule has 1 fully saturated rings. The summed E-state index contributed by atoms with van der Waals surface area (Å²) in [5.41, 5.74) is 0.743. The molecule has 2 aromatic rings. The Kier molecular flexibility index (Phi) is 2.42. The smallest absolute Gasteiger partial charge is 0.178 e. The molecule has 90 valence electrons. The Labute approximate surface area is 98.3 Å². The molecular formula is C11H14FN5. The van der Waals surface area contributed by atoms with Crippen molar-refractivity contribution in [3.63, 3.8) is 0 Å². The summed E-state index contributed by atoms with van der Waals surface area (Å²) in [6.45, 7) is 3.24. The normalized spacial score (nSPS) is 20.4. The van der Waals surface area contributed by atoms with Crippen molar-refractivity contribution in [2.75, 3.05) is 24.7 Å². The van der Waals surface area contributed by atoms with Crippen LogP contribution in [0.3, 0.4) is 0 Å². The highest BCUT2D eigenvalue weighted by Crippen LogP contribution is 2.22. The van der Waals surface area contributed by atoms with Gasteiger partial charge in [-0.15, -0.1) is 15.3 Å². The van der Waals surface area contributed by atoms with Gasteiger partial charge in [0.15, 0.2) is 11.5 Å². The van der Waals surface area contributed by atoms with E-state index in [0.717, 1.165) is 36.8 Å². The highest BCUT2D eigenvalue weighted by molar-refractivity contribution is 5.46. The predicted octanol–water partition coefficient (Wildman–Crippen LogP) is 1.23. The Hall–Kier alpha value is -1.72. The number of anilines is 1. The maximum Gasteiger partial charge on any atom is 0.178 e. The van der Waals surface area contributed by atoms with Gasteiger partial charge in [0, 0.05) is 19.0 Å². The Balaban J connectivity index is 1.93. The first-order chi connectivity index (χ1) is 8.28. The van der Waals surface area contributed by atoms with Gasteiger partial charge in [-0.2, -0.15) is 4.52 Å². The Morgan fingerprint density at radius 1 is 1.41 bits per heavy atom. The van der Waals surface area contributed by atoms with Crippen molar-refractivity contribution in [2.45, 2.75) is 13.3 Å². The molecule has 0 radical (unpaired) electrons. The molecule has 0 N–H and O–H groups in total. The van der Waals surface area contributed by atoms with E-state index >= 15 is 0 Å². The van der Waals surface area contributed by atoms with E-state index in [1.54, 1.807) is 4.52 Å². The Morgan fingerprint density at radius 3 is 3.06 bits per heavy atom. The summed E-state index contributed by atoms with van der Waals surface area (Å²) in [6, 6.07) is 3.81. The van der Waals surface area contributed by atoms with Gasteiger partial charge >= 0.3 is 0 Å². The number of rotatable bonds is 2. The van der Waals surface area contributed by atoms with Crippen LogP contribution in [0.2, 0.25) is 0 Å². The number of hydrogen-bond acceptors (Lipinski definition) is 4. The molecule has 0 saturated carbocycles. The van der Waals surface area contributed by atoms with Gasteiger partial charge in [0.25, 0.3) is 0 Å². The third-order valence-corrected chi connectivity index (χ3v) is 3.23. The maximum absolute atomic E-state index is 12.6. The van der Waals surface area contributed by atoms with E-state index in [2.05, 4.69) is 20.2 Å². The predicted molar refractivity (Wildman–Crippen MR) is 61.8 cm³/mol. The first kappa shape index (κ1) is 10.4. The molecule has 1 saturated heterocycles.